The summed E-state index contributed by atoms with van der Waals surface area (Å²) in [7, 11) is 1.60. The van der Waals surface area contributed by atoms with Crippen molar-refractivity contribution in [3.63, 3.8) is 0 Å². The number of carbonyl (C=O) groups excluding carboxylic acids is 2. The van der Waals surface area contributed by atoms with Gasteiger partial charge < -0.3 is 10.1 Å². The van der Waals surface area contributed by atoms with Crippen LogP contribution in [0.3, 0.4) is 0 Å². The predicted octanol–water partition coefficient (Wildman–Crippen LogP) is 4.47. The van der Waals surface area contributed by atoms with Crippen LogP contribution in [0.2, 0.25) is 0 Å². The van der Waals surface area contributed by atoms with Gasteiger partial charge in [0, 0.05) is 21.3 Å². The smallest absolute Gasteiger partial charge is 0.271 e. The minimum Gasteiger partial charge on any atom is -0.497 e. The van der Waals surface area contributed by atoms with E-state index in [4.69, 9.17) is 4.74 Å². The van der Waals surface area contributed by atoms with Crippen LogP contribution in [0, 0.1) is 0 Å². The van der Waals surface area contributed by atoms with Gasteiger partial charge in [0.05, 0.1) is 13.3 Å². The average molecular weight is 452 g/mol. The third-order valence-corrected chi connectivity index (χ3v) is 4.54. The van der Waals surface area contributed by atoms with Gasteiger partial charge in [-0.15, -0.1) is 0 Å². The van der Waals surface area contributed by atoms with Crippen molar-refractivity contribution in [3.8, 4) is 5.75 Å². The third kappa shape index (κ3) is 5.76. The molecule has 0 saturated heterocycles. The lowest BCUT2D eigenvalue weighted by molar-refractivity contribution is 0.0954. The van der Waals surface area contributed by atoms with Crippen molar-refractivity contribution in [3.05, 3.63) is 94.0 Å². The van der Waals surface area contributed by atoms with E-state index in [1.807, 2.05) is 24.3 Å². The molecule has 0 saturated carbocycles. The van der Waals surface area contributed by atoms with Crippen molar-refractivity contribution in [2.45, 2.75) is 0 Å². The Morgan fingerprint density at radius 2 is 1.45 bits per heavy atom. The molecular weight excluding hydrogens is 434 g/mol. The van der Waals surface area contributed by atoms with Gasteiger partial charge in [-0.25, -0.2) is 5.43 Å². The molecule has 2 N–H and O–H groups in total. The van der Waals surface area contributed by atoms with Crippen molar-refractivity contribution in [1.82, 2.24) is 5.43 Å². The molecular formula is C22H18BrN3O3. The van der Waals surface area contributed by atoms with Gasteiger partial charge in [-0.1, -0.05) is 15.9 Å². The van der Waals surface area contributed by atoms with E-state index in [-0.39, 0.29) is 11.8 Å². The molecule has 0 aliphatic heterocycles. The summed E-state index contributed by atoms with van der Waals surface area (Å²) in [4.78, 5) is 24.4. The Kier molecular flexibility index (Phi) is 6.76. The molecule has 146 valence electrons. The maximum atomic E-state index is 12.2. The van der Waals surface area contributed by atoms with E-state index in [0.29, 0.717) is 16.8 Å². The SMILES string of the molecule is COc1ccc(/C=N\NC(=O)c2ccc(NC(=O)c3ccc(Br)cc3)cc2)cc1. The van der Waals surface area contributed by atoms with Crippen LogP contribution in [-0.4, -0.2) is 25.1 Å². The van der Waals surface area contributed by atoms with E-state index >= 15 is 0 Å². The minimum atomic E-state index is -0.347. The molecule has 29 heavy (non-hydrogen) atoms. The molecule has 0 heterocycles. The van der Waals surface area contributed by atoms with Crippen LogP contribution >= 0.6 is 15.9 Å². The van der Waals surface area contributed by atoms with E-state index < -0.39 is 0 Å². The van der Waals surface area contributed by atoms with Crippen LogP contribution in [-0.2, 0) is 0 Å². The Labute approximate surface area is 176 Å². The number of amides is 2. The van der Waals surface area contributed by atoms with Crippen LogP contribution in [0.1, 0.15) is 26.3 Å². The number of carbonyl (C=O) groups is 2. The molecule has 0 aromatic heterocycles. The number of methoxy groups -OCH3 is 1. The summed E-state index contributed by atoms with van der Waals surface area (Å²) < 4.78 is 5.99. The summed E-state index contributed by atoms with van der Waals surface area (Å²) in [5.74, 6) is 0.179. The number of nitrogens with zero attached hydrogens (tertiary/aromatic N) is 1. The van der Waals surface area contributed by atoms with E-state index in [9.17, 15) is 9.59 Å². The molecule has 0 atom stereocenters. The van der Waals surface area contributed by atoms with Crippen LogP contribution in [0.25, 0.3) is 0 Å². The van der Waals surface area contributed by atoms with Crippen molar-refractivity contribution < 1.29 is 14.3 Å². The second kappa shape index (κ2) is 9.66. The molecule has 6 nitrogen and oxygen atoms in total. The number of benzene rings is 3. The van der Waals surface area contributed by atoms with E-state index in [1.54, 1.807) is 61.9 Å². The summed E-state index contributed by atoms with van der Waals surface area (Å²) in [6, 6.07) is 20.9. The molecule has 0 radical (unpaired) electrons. The fourth-order valence-electron chi connectivity index (χ4n) is 2.43. The van der Waals surface area contributed by atoms with Gasteiger partial charge in [-0.2, -0.15) is 5.10 Å². The van der Waals surface area contributed by atoms with Gasteiger partial charge in [0.1, 0.15) is 5.75 Å². The highest BCUT2D eigenvalue weighted by Gasteiger charge is 2.08. The molecule has 0 aliphatic rings. The molecule has 3 aromatic rings. The Morgan fingerprint density at radius 3 is 2.07 bits per heavy atom. The number of rotatable bonds is 6. The zero-order valence-corrected chi connectivity index (χ0v) is 17.1. The monoisotopic (exact) mass is 451 g/mol. The molecule has 0 fully saturated rings. The first kappa shape index (κ1) is 20.3. The van der Waals surface area contributed by atoms with Crippen LogP contribution in [0.5, 0.6) is 5.75 Å². The summed E-state index contributed by atoms with van der Waals surface area (Å²) in [6.07, 6.45) is 1.55. The topological polar surface area (TPSA) is 79.8 Å². The number of ether oxygens (including phenoxy) is 1. The lowest BCUT2D eigenvalue weighted by Crippen LogP contribution is -2.17. The molecule has 0 bridgehead atoms. The predicted molar refractivity (Wildman–Crippen MR) is 117 cm³/mol. The summed E-state index contributed by atoms with van der Waals surface area (Å²) in [6.45, 7) is 0. The van der Waals surface area contributed by atoms with Crippen molar-refractivity contribution in [2.24, 2.45) is 5.10 Å². The Morgan fingerprint density at radius 1 is 0.862 bits per heavy atom. The highest BCUT2D eigenvalue weighted by Crippen LogP contribution is 2.14. The first-order chi connectivity index (χ1) is 14.0. The Hall–Kier alpha value is -3.45. The van der Waals surface area contributed by atoms with E-state index in [1.165, 1.54) is 0 Å². The second-order valence-electron chi connectivity index (χ2n) is 6.01. The van der Waals surface area contributed by atoms with Gasteiger partial charge in [0.15, 0.2) is 0 Å². The normalized spacial score (nSPS) is 10.6. The molecule has 0 spiro atoms. The maximum absolute atomic E-state index is 12.2. The number of hydrogen-bond acceptors (Lipinski definition) is 4. The van der Waals surface area contributed by atoms with Gasteiger partial charge in [0.2, 0.25) is 0 Å². The summed E-state index contributed by atoms with van der Waals surface area (Å²) >= 11 is 3.34. The molecule has 7 heteroatoms. The lowest BCUT2D eigenvalue weighted by Gasteiger charge is -2.06. The zero-order valence-electron chi connectivity index (χ0n) is 15.6. The zero-order chi connectivity index (χ0) is 20.6. The number of nitrogens with one attached hydrogen (secondary N) is 2. The Bertz CT molecular complexity index is 1010. The molecule has 0 unspecified atom stereocenters. The maximum Gasteiger partial charge on any atom is 0.271 e. The van der Waals surface area contributed by atoms with Crippen molar-refractivity contribution in [2.75, 3.05) is 12.4 Å². The average Bonchev–Trinajstić information content (AvgIpc) is 2.75. The molecule has 3 aromatic carbocycles. The lowest BCUT2D eigenvalue weighted by atomic mass is 10.1. The van der Waals surface area contributed by atoms with Crippen molar-refractivity contribution >= 4 is 39.6 Å². The largest absolute Gasteiger partial charge is 0.497 e. The number of hydrazone groups is 1. The number of halogens is 1. The second-order valence-corrected chi connectivity index (χ2v) is 6.93. The summed E-state index contributed by atoms with van der Waals surface area (Å²) in [5, 5.41) is 6.74. The van der Waals surface area contributed by atoms with Gasteiger partial charge in [-0.05, 0) is 78.4 Å². The third-order valence-electron chi connectivity index (χ3n) is 4.01. The summed E-state index contributed by atoms with van der Waals surface area (Å²) in [5.41, 5.74) is 4.87. The van der Waals surface area contributed by atoms with Gasteiger partial charge in [0.25, 0.3) is 11.8 Å². The first-order valence-corrected chi connectivity index (χ1v) is 9.49. The van der Waals surface area contributed by atoms with E-state index in [2.05, 4.69) is 31.8 Å². The number of anilines is 1. The van der Waals surface area contributed by atoms with Crippen LogP contribution in [0.4, 0.5) is 5.69 Å². The van der Waals surface area contributed by atoms with Crippen LogP contribution < -0.4 is 15.5 Å². The van der Waals surface area contributed by atoms with Gasteiger partial charge in [-0.3, -0.25) is 9.59 Å². The molecule has 0 aliphatic carbocycles. The highest BCUT2D eigenvalue weighted by atomic mass is 79.9. The fraction of sp³-hybridized carbons (Fsp3) is 0.0455. The quantitative estimate of drug-likeness (QED) is 0.428. The fourth-order valence-corrected chi connectivity index (χ4v) is 2.69. The van der Waals surface area contributed by atoms with Gasteiger partial charge >= 0.3 is 0 Å². The first-order valence-electron chi connectivity index (χ1n) is 8.69. The molecule has 3 rings (SSSR count). The molecule has 2 amide bonds. The minimum absolute atomic E-state index is 0.223. The number of hydrogen-bond donors (Lipinski definition) is 2. The van der Waals surface area contributed by atoms with E-state index in [0.717, 1.165) is 15.8 Å². The van der Waals surface area contributed by atoms with Crippen molar-refractivity contribution in [1.29, 1.82) is 0 Å². The van der Waals surface area contributed by atoms with Crippen LogP contribution in [0.15, 0.2) is 82.4 Å². The standard InChI is InChI=1S/C22H18BrN3O3/c1-29-20-12-2-15(3-13-20)14-24-26-22(28)17-6-10-19(11-7-17)25-21(27)16-4-8-18(23)9-5-16/h2-14H,1H3,(H,25,27)(H,26,28)/b24-14-. The highest BCUT2D eigenvalue weighted by molar-refractivity contribution is 9.10. The Balaban J connectivity index is 1.55.